The molecule has 3 rings (SSSR count). The highest BCUT2D eigenvalue weighted by Crippen LogP contribution is 2.33. The monoisotopic (exact) mass is 337 g/mol. The van der Waals surface area contributed by atoms with Crippen LogP contribution in [-0.4, -0.2) is 54.7 Å². The third-order valence-corrected chi connectivity index (χ3v) is 5.40. The van der Waals surface area contributed by atoms with E-state index in [2.05, 4.69) is 22.1 Å². The number of carbonyl (C=O) groups excluding carboxylic acids is 2. The van der Waals surface area contributed by atoms with Crippen LogP contribution < -0.4 is 5.32 Å². The molecule has 0 radical (unpaired) electrons. The van der Waals surface area contributed by atoms with Crippen molar-refractivity contribution in [3.8, 4) is 0 Å². The Labute approximate surface area is 140 Å². The number of methoxy groups -OCH3 is 1. The molecule has 23 heavy (non-hydrogen) atoms. The molecule has 1 aromatic rings. The van der Waals surface area contributed by atoms with Crippen molar-refractivity contribution >= 4 is 23.5 Å². The molecule has 2 aliphatic rings. The van der Waals surface area contributed by atoms with Gasteiger partial charge in [0.2, 0.25) is 0 Å². The average molecular weight is 337 g/mol. The number of hydrogen-bond donors (Lipinski definition) is 1. The molecule has 0 spiro atoms. The van der Waals surface area contributed by atoms with E-state index >= 15 is 0 Å². The van der Waals surface area contributed by atoms with E-state index in [1.165, 1.54) is 12.7 Å². The highest BCUT2D eigenvalue weighted by atomic mass is 32.1. The number of amides is 3. The summed E-state index contributed by atoms with van der Waals surface area (Å²) in [7, 11) is 1.40. The molecule has 0 aromatic carbocycles. The number of nitrogens with one attached hydrogen (secondary N) is 1. The summed E-state index contributed by atoms with van der Waals surface area (Å²) in [6, 6.07) is 2.47. The van der Waals surface area contributed by atoms with E-state index in [0.717, 1.165) is 32.2 Å². The second kappa shape index (κ2) is 7.21. The summed E-state index contributed by atoms with van der Waals surface area (Å²) in [5, 5.41) is 7.33. The summed E-state index contributed by atoms with van der Waals surface area (Å²) in [6.07, 6.45) is 3.35. The van der Waals surface area contributed by atoms with Gasteiger partial charge in [0.1, 0.15) is 0 Å². The normalized spacial score (nSPS) is 22.2. The maximum absolute atomic E-state index is 12.6. The number of likely N-dealkylation sites (tertiary alicyclic amines) is 2. The van der Waals surface area contributed by atoms with Crippen LogP contribution in [0.1, 0.15) is 37.3 Å². The van der Waals surface area contributed by atoms with Crippen molar-refractivity contribution in [1.29, 1.82) is 0 Å². The standard InChI is InChI=1S/C16H23N3O3S/c1-22-16(21)18-8-4-13(5-9-18)17-15(20)19-7-2-3-14(19)12-6-10-23-11-12/h6,10-11,13-14H,2-5,7-9H2,1H3,(H,17,20)/t14-/m0/s1. The first-order valence-electron chi connectivity index (χ1n) is 8.11. The second-order valence-corrected chi connectivity index (χ2v) is 6.87. The highest BCUT2D eigenvalue weighted by Gasteiger charge is 2.32. The van der Waals surface area contributed by atoms with E-state index < -0.39 is 0 Å². The number of piperidine rings is 1. The van der Waals surface area contributed by atoms with Gasteiger partial charge in [0.15, 0.2) is 0 Å². The maximum Gasteiger partial charge on any atom is 0.409 e. The lowest BCUT2D eigenvalue weighted by molar-refractivity contribution is 0.109. The van der Waals surface area contributed by atoms with Gasteiger partial charge >= 0.3 is 12.1 Å². The molecule has 126 valence electrons. The van der Waals surface area contributed by atoms with Gasteiger partial charge in [0, 0.05) is 25.7 Å². The van der Waals surface area contributed by atoms with Gasteiger partial charge in [-0.25, -0.2) is 9.59 Å². The molecule has 3 amide bonds. The van der Waals surface area contributed by atoms with Crippen molar-refractivity contribution in [1.82, 2.24) is 15.1 Å². The van der Waals surface area contributed by atoms with E-state index in [4.69, 9.17) is 4.74 Å². The van der Waals surface area contributed by atoms with Gasteiger partial charge in [-0.3, -0.25) is 0 Å². The quantitative estimate of drug-likeness (QED) is 0.903. The summed E-state index contributed by atoms with van der Waals surface area (Å²) in [5.41, 5.74) is 1.24. The van der Waals surface area contributed by atoms with Gasteiger partial charge in [-0.2, -0.15) is 11.3 Å². The van der Waals surface area contributed by atoms with E-state index in [1.54, 1.807) is 16.2 Å². The van der Waals surface area contributed by atoms with Crippen molar-refractivity contribution in [2.45, 2.75) is 37.8 Å². The average Bonchev–Trinajstić information content (AvgIpc) is 3.25. The zero-order valence-corrected chi connectivity index (χ0v) is 14.2. The molecular weight excluding hydrogens is 314 g/mol. The molecule has 0 aliphatic carbocycles. The molecule has 6 nitrogen and oxygen atoms in total. The number of hydrogen-bond acceptors (Lipinski definition) is 4. The van der Waals surface area contributed by atoms with Crippen molar-refractivity contribution in [2.24, 2.45) is 0 Å². The molecule has 1 N–H and O–H groups in total. The minimum atomic E-state index is -0.285. The summed E-state index contributed by atoms with van der Waals surface area (Å²) >= 11 is 1.67. The molecule has 0 bridgehead atoms. The predicted octanol–water partition coefficient (Wildman–Crippen LogP) is 2.83. The van der Waals surface area contributed by atoms with E-state index in [9.17, 15) is 9.59 Å². The number of carbonyl (C=O) groups is 2. The van der Waals surface area contributed by atoms with Gasteiger partial charge in [-0.15, -0.1) is 0 Å². The predicted molar refractivity (Wildman–Crippen MR) is 88.5 cm³/mol. The number of ether oxygens (including phenoxy) is 1. The Morgan fingerprint density at radius 2 is 2.04 bits per heavy atom. The van der Waals surface area contributed by atoms with Crippen molar-refractivity contribution in [3.05, 3.63) is 22.4 Å². The van der Waals surface area contributed by atoms with Gasteiger partial charge in [0.25, 0.3) is 0 Å². The Balaban J connectivity index is 1.52. The van der Waals surface area contributed by atoms with E-state index in [0.29, 0.717) is 13.1 Å². The Kier molecular flexibility index (Phi) is 5.05. The highest BCUT2D eigenvalue weighted by molar-refractivity contribution is 7.07. The van der Waals surface area contributed by atoms with Gasteiger partial charge in [-0.1, -0.05) is 0 Å². The largest absolute Gasteiger partial charge is 0.453 e. The lowest BCUT2D eigenvalue weighted by Crippen LogP contribution is -2.50. The van der Waals surface area contributed by atoms with Crippen LogP contribution in [0.3, 0.4) is 0 Å². The van der Waals surface area contributed by atoms with Crippen molar-refractivity contribution in [2.75, 3.05) is 26.7 Å². The minimum absolute atomic E-state index is 0.0234. The Morgan fingerprint density at radius 3 is 2.70 bits per heavy atom. The first kappa shape index (κ1) is 16.1. The second-order valence-electron chi connectivity index (χ2n) is 6.09. The molecule has 0 unspecified atom stereocenters. The number of thiophene rings is 1. The summed E-state index contributed by atoms with van der Waals surface area (Å²) in [4.78, 5) is 27.7. The number of nitrogens with zero attached hydrogens (tertiary/aromatic N) is 2. The third-order valence-electron chi connectivity index (χ3n) is 4.70. The fraction of sp³-hybridized carbons (Fsp3) is 0.625. The van der Waals surface area contributed by atoms with Crippen LogP contribution in [0.4, 0.5) is 9.59 Å². The summed E-state index contributed by atoms with van der Waals surface area (Å²) in [5.74, 6) is 0. The van der Waals surface area contributed by atoms with Crippen LogP contribution in [0.25, 0.3) is 0 Å². The Morgan fingerprint density at radius 1 is 1.26 bits per heavy atom. The molecule has 2 saturated heterocycles. The molecular formula is C16H23N3O3S. The van der Waals surface area contributed by atoms with Gasteiger partial charge < -0.3 is 19.9 Å². The van der Waals surface area contributed by atoms with Crippen LogP contribution in [0.2, 0.25) is 0 Å². The molecule has 1 atom stereocenters. The Bertz CT molecular complexity index is 541. The summed E-state index contributed by atoms with van der Waals surface area (Å²) < 4.78 is 4.74. The lowest BCUT2D eigenvalue weighted by Gasteiger charge is -2.33. The fourth-order valence-electron chi connectivity index (χ4n) is 3.41. The molecule has 3 heterocycles. The first-order chi connectivity index (χ1) is 11.2. The summed E-state index contributed by atoms with van der Waals surface area (Å²) in [6.45, 7) is 2.07. The zero-order valence-electron chi connectivity index (χ0n) is 13.4. The topological polar surface area (TPSA) is 61.9 Å². The molecule has 1 aromatic heterocycles. The lowest BCUT2D eigenvalue weighted by atomic mass is 10.1. The van der Waals surface area contributed by atoms with Crippen LogP contribution >= 0.6 is 11.3 Å². The fourth-order valence-corrected chi connectivity index (χ4v) is 4.12. The zero-order chi connectivity index (χ0) is 16.2. The van der Waals surface area contributed by atoms with E-state index in [1.807, 2.05) is 4.90 Å². The van der Waals surface area contributed by atoms with Crippen molar-refractivity contribution < 1.29 is 14.3 Å². The third kappa shape index (κ3) is 3.60. The molecule has 2 fully saturated rings. The Hall–Kier alpha value is -1.76. The van der Waals surface area contributed by atoms with Crippen LogP contribution in [-0.2, 0) is 4.74 Å². The van der Waals surface area contributed by atoms with Crippen LogP contribution in [0, 0.1) is 0 Å². The van der Waals surface area contributed by atoms with E-state index in [-0.39, 0.29) is 24.2 Å². The van der Waals surface area contributed by atoms with Gasteiger partial charge in [-0.05, 0) is 48.1 Å². The maximum atomic E-state index is 12.6. The molecule has 0 saturated carbocycles. The van der Waals surface area contributed by atoms with Crippen LogP contribution in [0.5, 0.6) is 0 Å². The molecule has 2 aliphatic heterocycles. The minimum Gasteiger partial charge on any atom is -0.453 e. The van der Waals surface area contributed by atoms with Crippen LogP contribution in [0.15, 0.2) is 16.8 Å². The van der Waals surface area contributed by atoms with Crippen molar-refractivity contribution in [3.63, 3.8) is 0 Å². The first-order valence-corrected chi connectivity index (χ1v) is 9.05. The smallest absolute Gasteiger partial charge is 0.409 e. The SMILES string of the molecule is COC(=O)N1CCC(NC(=O)N2CCC[C@H]2c2ccsc2)CC1. The number of urea groups is 1. The molecule has 7 heteroatoms. The van der Waals surface area contributed by atoms with Gasteiger partial charge in [0.05, 0.1) is 13.2 Å². The number of rotatable bonds is 2.